The van der Waals surface area contributed by atoms with Gasteiger partial charge in [0.1, 0.15) is 11.6 Å². The van der Waals surface area contributed by atoms with Crippen molar-refractivity contribution in [1.82, 2.24) is 19.9 Å². The molecule has 1 fully saturated rings. The molecule has 0 aliphatic carbocycles. The van der Waals surface area contributed by atoms with Crippen LogP contribution < -0.4 is 4.90 Å². The summed E-state index contributed by atoms with van der Waals surface area (Å²) in [5.41, 5.74) is 2.94. The van der Waals surface area contributed by atoms with Gasteiger partial charge >= 0.3 is 0 Å². The molecule has 3 heterocycles. The third-order valence-electron chi connectivity index (χ3n) is 4.56. The number of nitrogens with one attached hydrogen (secondary N) is 1. The summed E-state index contributed by atoms with van der Waals surface area (Å²) in [6, 6.07) is 11.9. The molecule has 25 heavy (non-hydrogen) atoms. The van der Waals surface area contributed by atoms with Crippen molar-refractivity contribution in [3.8, 4) is 22.6 Å². The number of likely N-dealkylation sites (N-methyl/N-ethyl adjacent to an activating group) is 1. The van der Waals surface area contributed by atoms with Crippen LogP contribution in [0.25, 0.3) is 22.6 Å². The van der Waals surface area contributed by atoms with Gasteiger partial charge in [0.05, 0.1) is 11.9 Å². The van der Waals surface area contributed by atoms with Gasteiger partial charge in [0.15, 0.2) is 0 Å². The Balaban J connectivity index is 1.53. The largest absolute Gasteiger partial charge is 0.354 e. The van der Waals surface area contributed by atoms with E-state index in [9.17, 15) is 0 Å². The van der Waals surface area contributed by atoms with Gasteiger partial charge in [0, 0.05) is 48.5 Å². The first-order valence-corrected chi connectivity index (χ1v) is 8.78. The number of halogens is 1. The molecule has 4 rings (SSSR count). The predicted molar refractivity (Wildman–Crippen MR) is 102 cm³/mol. The molecular weight excluding hydrogens is 334 g/mol. The van der Waals surface area contributed by atoms with Crippen molar-refractivity contribution in [2.45, 2.75) is 0 Å². The van der Waals surface area contributed by atoms with Crippen molar-refractivity contribution in [3.63, 3.8) is 0 Å². The molecule has 0 spiro atoms. The first kappa shape index (κ1) is 16.1. The number of nitrogens with zero attached hydrogens (tertiary/aromatic N) is 4. The Kier molecular flexibility index (Phi) is 4.42. The number of imidazole rings is 1. The van der Waals surface area contributed by atoms with Gasteiger partial charge in [-0.25, -0.2) is 9.97 Å². The van der Waals surface area contributed by atoms with Crippen molar-refractivity contribution in [1.29, 1.82) is 0 Å². The number of benzene rings is 1. The maximum atomic E-state index is 6.07. The van der Waals surface area contributed by atoms with Crippen molar-refractivity contribution in [2.75, 3.05) is 38.1 Å². The monoisotopic (exact) mass is 353 g/mol. The highest BCUT2D eigenvalue weighted by atomic mass is 35.5. The molecule has 1 saturated heterocycles. The highest BCUT2D eigenvalue weighted by molar-refractivity contribution is 6.30. The normalized spacial score (nSPS) is 15.5. The zero-order valence-corrected chi connectivity index (χ0v) is 14.9. The summed E-state index contributed by atoms with van der Waals surface area (Å²) < 4.78 is 0. The second-order valence-corrected chi connectivity index (χ2v) is 6.79. The van der Waals surface area contributed by atoms with Crippen molar-refractivity contribution >= 4 is 17.4 Å². The fourth-order valence-corrected chi connectivity index (χ4v) is 3.21. The van der Waals surface area contributed by atoms with Gasteiger partial charge in [-0.1, -0.05) is 23.7 Å². The van der Waals surface area contributed by atoms with E-state index in [4.69, 9.17) is 11.6 Å². The first-order valence-electron chi connectivity index (χ1n) is 8.40. The summed E-state index contributed by atoms with van der Waals surface area (Å²) >= 11 is 6.07. The highest BCUT2D eigenvalue weighted by Gasteiger charge is 2.15. The van der Waals surface area contributed by atoms with E-state index in [0.717, 1.165) is 54.6 Å². The molecule has 5 nitrogen and oxygen atoms in total. The quantitative estimate of drug-likeness (QED) is 0.782. The van der Waals surface area contributed by atoms with E-state index >= 15 is 0 Å². The third kappa shape index (κ3) is 3.52. The number of H-pyrrole nitrogens is 1. The van der Waals surface area contributed by atoms with E-state index in [1.807, 2.05) is 36.7 Å². The average Bonchev–Trinajstić information content (AvgIpc) is 3.13. The van der Waals surface area contributed by atoms with Crippen LogP contribution in [-0.2, 0) is 0 Å². The molecule has 1 N–H and O–H groups in total. The SMILES string of the molecule is CN1CCN(c2ccc(-c3ncc(-c4cccc(Cl)c4)[nH]3)cn2)CC1. The number of hydrogen-bond donors (Lipinski definition) is 1. The Labute approximate surface area is 152 Å². The minimum absolute atomic E-state index is 0.715. The van der Waals surface area contributed by atoms with Crippen LogP contribution in [0.2, 0.25) is 5.02 Å². The molecular formula is C19H20ClN5. The van der Waals surface area contributed by atoms with Crippen LogP contribution in [0.15, 0.2) is 48.8 Å². The molecule has 2 aromatic heterocycles. The number of aromatic nitrogens is 3. The number of pyridine rings is 1. The number of anilines is 1. The second kappa shape index (κ2) is 6.86. The molecule has 0 bridgehead atoms. The van der Waals surface area contributed by atoms with Gasteiger partial charge in [-0.2, -0.15) is 0 Å². The van der Waals surface area contributed by atoms with Crippen LogP contribution in [0.5, 0.6) is 0 Å². The van der Waals surface area contributed by atoms with Gasteiger partial charge in [0.25, 0.3) is 0 Å². The lowest BCUT2D eigenvalue weighted by atomic mass is 10.2. The lowest BCUT2D eigenvalue weighted by Crippen LogP contribution is -2.44. The van der Waals surface area contributed by atoms with Crippen molar-refractivity contribution < 1.29 is 0 Å². The van der Waals surface area contributed by atoms with Crippen molar-refractivity contribution in [3.05, 3.63) is 53.8 Å². The van der Waals surface area contributed by atoms with E-state index in [1.165, 1.54) is 0 Å². The molecule has 1 aromatic carbocycles. The summed E-state index contributed by atoms with van der Waals surface area (Å²) in [4.78, 5) is 17.1. The third-order valence-corrected chi connectivity index (χ3v) is 4.80. The Bertz CT molecular complexity index is 850. The second-order valence-electron chi connectivity index (χ2n) is 6.35. The summed E-state index contributed by atoms with van der Waals surface area (Å²) in [6.07, 6.45) is 3.71. The summed E-state index contributed by atoms with van der Waals surface area (Å²) in [5, 5.41) is 0.715. The fourth-order valence-electron chi connectivity index (χ4n) is 3.02. The first-order chi connectivity index (χ1) is 12.2. The maximum Gasteiger partial charge on any atom is 0.139 e. The zero-order valence-electron chi connectivity index (χ0n) is 14.1. The Morgan fingerprint density at radius 1 is 0.960 bits per heavy atom. The number of rotatable bonds is 3. The van der Waals surface area contributed by atoms with Crippen LogP contribution in [0.1, 0.15) is 0 Å². The van der Waals surface area contributed by atoms with Gasteiger partial charge in [-0.15, -0.1) is 0 Å². The molecule has 1 aliphatic heterocycles. The van der Waals surface area contributed by atoms with Crippen LogP contribution in [0, 0.1) is 0 Å². The smallest absolute Gasteiger partial charge is 0.139 e. The van der Waals surface area contributed by atoms with Gasteiger partial charge in [-0.05, 0) is 31.3 Å². The Hall–Kier alpha value is -2.37. The van der Waals surface area contributed by atoms with Gasteiger partial charge < -0.3 is 14.8 Å². The highest BCUT2D eigenvalue weighted by Crippen LogP contribution is 2.25. The van der Waals surface area contributed by atoms with Gasteiger partial charge in [0.2, 0.25) is 0 Å². The molecule has 0 radical (unpaired) electrons. The van der Waals surface area contributed by atoms with Crippen LogP contribution in [0.3, 0.4) is 0 Å². The fraction of sp³-hybridized carbons (Fsp3) is 0.263. The summed E-state index contributed by atoms with van der Waals surface area (Å²) in [7, 11) is 2.16. The molecule has 0 saturated carbocycles. The molecule has 0 unspecified atom stereocenters. The van der Waals surface area contributed by atoms with E-state index in [2.05, 4.69) is 43.9 Å². The minimum atomic E-state index is 0.715. The molecule has 6 heteroatoms. The maximum absolute atomic E-state index is 6.07. The molecule has 0 atom stereocenters. The van der Waals surface area contributed by atoms with Gasteiger partial charge in [-0.3, -0.25) is 0 Å². The molecule has 0 amide bonds. The average molecular weight is 354 g/mol. The van der Waals surface area contributed by atoms with E-state index < -0.39 is 0 Å². The minimum Gasteiger partial charge on any atom is -0.354 e. The number of piperazine rings is 1. The molecule has 3 aromatic rings. The number of hydrogen-bond acceptors (Lipinski definition) is 4. The van der Waals surface area contributed by atoms with Crippen molar-refractivity contribution in [2.24, 2.45) is 0 Å². The summed E-state index contributed by atoms with van der Waals surface area (Å²) in [5.74, 6) is 1.84. The number of aromatic amines is 1. The standard InChI is InChI=1S/C19H20ClN5/c1-24-7-9-25(10-8-24)18-6-5-15(12-21-18)19-22-13-17(23-19)14-3-2-4-16(20)11-14/h2-6,11-13H,7-10H2,1H3,(H,22,23). The Morgan fingerprint density at radius 3 is 2.52 bits per heavy atom. The van der Waals surface area contributed by atoms with E-state index in [-0.39, 0.29) is 0 Å². The molecule has 1 aliphatic rings. The lowest BCUT2D eigenvalue weighted by molar-refractivity contribution is 0.312. The molecule has 128 valence electrons. The topological polar surface area (TPSA) is 48.0 Å². The van der Waals surface area contributed by atoms with Crippen LogP contribution >= 0.6 is 11.6 Å². The van der Waals surface area contributed by atoms with Crippen LogP contribution in [0.4, 0.5) is 5.82 Å². The van der Waals surface area contributed by atoms with E-state index in [1.54, 1.807) is 0 Å². The lowest BCUT2D eigenvalue weighted by Gasteiger charge is -2.33. The summed E-state index contributed by atoms with van der Waals surface area (Å²) in [6.45, 7) is 4.18. The Morgan fingerprint density at radius 2 is 1.80 bits per heavy atom. The predicted octanol–water partition coefficient (Wildman–Crippen LogP) is 3.54. The van der Waals surface area contributed by atoms with E-state index in [0.29, 0.717) is 5.02 Å². The zero-order chi connectivity index (χ0) is 17.2. The van der Waals surface area contributed by atoms with Crippen LogP contribution in [-0.4, -0.2) is 53.1 Å².